The summed E-state index contributed by atoms with van der Waals surface area (Å²) in [6, 6.07) is 11.7. The molecule has 0 aliphatic carbocycles. The monoisotopic (exact) mass is 441 g/mol. The summed E-state index contributed by atoms with van der Waals surface area (Å²) in [4.78, 5) is 26.7. The van der Waals surface area contributed by atoms with Crippen LogP contribution in [0.3, 0.4) is 0 Å². The van der Waals surface area contributed by atoms with E-state index < -0.39 is 0 Å². The topological polar surface area (TPSA) is 87.2 Å². The Hall–Kier alpha value is -2.61. The predicted molar refractivity (Wildman–Crippen MR) is 125 cm³/mol. The number of anilines is 2. The lowest BCUT2D eigenvalue weighted by molar-refractivity contribution is -0.125. The number of hydrogen-bond acceptors (Lipinski definition) is 6. The van der Waals surface area contributed by atoms with Gasteiger partial charge in [0, 0.05) is 25.3 Å². The van der Waals surface area contributed by atoms with Gasteiger partial charge in [0.05, 0.1) is 11.7 Å². The maximum Gasteiger partial charge on any atom is 0.234 e. The van der Waals surface area contributed by atoms with Crippen LogP contribution in [0.15, 0.2) is 41.4 Å². The van der Waals surface area contributed by atoms with Crippen molar-refractivity contribution in [3.05, 3.63) is 42.0 Å². The lowest BCUT2D eigenvalue weighted by Gasteiger charge is -2.32. The number of thioether (sulfide) groups is 1. The molecule has 31 heavy (non-hydrogen) atoms. The number of rotatable bonds is 9. The number of nitrogens with one attached hydrogen (secondary N) is 2. The normalized spacial score (nSPS) is 16.1. The standard InChI is InChI=1S/C23H31N5O2S/c1-3-12-24-23(30)18-8-6-13-28(15-18)20-10-11-22(27-26-20)31-16-21(29)25-19-9-5-7-17(4-2)14-19/h5,7,9-11,14,18H,3-4,6,8,12-13,15-16H2,1-2H3,(H,24,30)(H,25,29)/t18-/m1/s1. The van der Waals surface area contributed by atoms with Crippen LogP contribution in [0.5, 0.6) is 0 Å². The minimum atomic E-state index is -0.0684. The van der Waals surface area contributed by atoms with Gasteiger partial charge in [-0.2, -0.15) is 0 Å². The van der Waals surface area contributed by atoms with Crippen molar-refractivity contribution in [3.8, 4) is 0 Å². The SMILES string of the molecule is CCCNC(=O)[C@@H]1CCCN(c2ccc(SCC(=O)Nc3cccc(CC)c3)nn2)C1. The van der Waals surface area contributed by atoms with E-state index in [2.05, 4.69) is 39.6 Å². The van der Waals surface area contributed by atoms with Gasteiger partial charge in [0.15, 0.2) is 5.82 Å². The maximum absolute atomic E-state index is 12.3. The van der Waals surface area contributed by atoms with Crippen LogP contribution in [-0.4, -0.2) is 47.4 Å². The van der Waals surface area contributed by atoms with Crippen molar-refractivity contribution in [3.63, 3.8) is 0 Å². The number of nitrogens with zero attached hydrogens (tertiary/aromatic N) is 3. The summed E-state index contributed by atoms with van der Waals surface area (Å²) >= 11 is 1.36. The van der Waals surface area contributed by atoms with Crippen molar-refractivity contribution in [1.29, 1.82) is 0 Å². The Kier molecular flexibility index (Phi) is 8.70. The smallest absolute Gasteiger partial charge is 0.234 e. The number of hydrogen-bond donors (Lipinski definition) is 2. The number of carbonyl (C=O) groups excluding carboxylic acids is 2. The van der Waals surface area contributed by atoms with Gasteiger partial charge in [0.1, 0.15) is 5.03 Å². The van der Waals surface area contributed by atoms with Gasteiger partial charge in [-0.1, -0.05) is 37.7 Å². The first-order valence-electron chi connectivity index (χ1n) is 11.0. The van der Waals surface area contributed by atoms with E-state index in [-0.39, 0.29) is 23.5 Å². The molecule has 0 spiro atoms. The largest absolute Gasteiger partial charge is 0.356 e. The number of aryl methyl sites for hydroxylation is 1. The lowest BCUT2D eigenvalue weighted by atomic mass is 9.97. The summed E-state index contributed by atoms with van der Waals surface area (Å²) < 4.78 is 0. The van der Waals surface area contributed by atoms with Crippen molar-refractivity contribution in [2.45, 2.75) is 44.6 Å². The number of amides is 2. The lowest BCUT2D eigenvalue weighted by Crippen LogP contribution is -2.43. The van der Waals surface area contributed by atoms with E-state index >= 15 is 0 Å². The zero-order chi connectivity index (χ0) is 22.1. The van der Waals surface area contributed by atoms with E-state index in [0.717, 1.165) is 50.3 Å². The van der Waals surface area contributed by atoms with Crippen LogP contribution in [-0.2, 0) is 16.0 Å². The Morgan fingerprint density at radius 1 is 1.19 bits per heavy atom. The molecule has 2 amide bonds. The molecule has 166 valence electrons. The second-order valence-electron chi connectivity index (χ2n) is 7.70. The Morgan fingerprint density at radius 3 is 2.81 bits per heavy atom. The fraction of sp³-hybridized carbons (Fsp3) is 0.478. The third kappa shape index (κ3) is 6.95. The molecule has 8 heteroatoms. The minimum absolute atomic E-state index is 0.00828. The highest BCUT2D eigenvalue weighted by Gasteiger charge is 2.26. The van der Waals surface area contributed by atoms with Crippen molar-refractivity contribution < 1.29 is 9.59 Å². The fourth-order valence-corrected chi connectivity index (χ4v) is 4.17. The van der Waals surface area contributed by atoms with Gasteiger partial charge in [0.25, 0.3) is 0 Å². The molecule has 2 heterocycles. The molecule has 0 bridgehead atoms. The Morgan fingerprint density at radius 2 is 2.06 bits per heavy atom. The highest BCUT2D eigenvalue weighted by molar-refractivity contribution is 7.99. The average Bonchev–Trinajstić information content (AvgIpc) is 2.81. The summed E-state index contributed by atoms with van der Waals surface area (Å²) in [5.74, 6) is 1.10. The molecule has 1 atom stereocenters. The maximum atomic E-state index is 12.3. The highest BCUT2D eigenvalue weighted by Crippen LogP contribution is 2.23. The van der Waals surface area contributed by atoms with E-state index in [0.29, 0.717) is 11.6 Å². The number of aromatic nitrogens is 2. The minimum Gasteiger partial charge on any atom is -0.356 e. The third-order valence-electron chi connectivity index (χ3n) is 5.26. The molecule has 1 saturated heterocycles. The molecule has 7 nitrogen and oxygen atoms in total. The van der Waals surface area contributed by atoms with E-state index in [4.69, 9.17) is 0 Å². The first kappa shape index (κ1) is 23.1. The summed E-state index contributed by atoms with van der Waals surface area (Å²) in [6.07, 6.45) is 3.74. The van der Waals surface area contributed by atoms with Crippen LogP contribution in [0, 0.1) is 5.92 Å². The van der Waals surface area contributed by atoms with E-state index in [1.807, 2.05) is 36.4 Å². The van der Waals surface area contributed by atoms with Crippen LogP contribution in [0.25, 0.3) is 0 Å². The molecule has 0 saturated carbocycles. The number of piperidine rings is 1. The van der Waals surface area contributed by atoms with Crippen LogP contribution < -0.4 is 15.5 Å². The second kappa shape index (κ2) is 11.7. The summed E-state index contributed by atoms with van der Waals surface area (Å²) in [5, 5.41) is 15.2. The predicted octanol–water partition coefficient (Wildman–Crippen LogP) is 3.51. The molecular formula is C23H31N5O2S. The van der Waals surface area contributed by atoms with E-state index in [1.54, 1.807) is 0 Å². The molecule has 3 rings (SSSR count). The molecule has 1 aromatic carbocycles. The Bertz CT molecular complexity index is 875. The van der Waals surface area contributed by atoms with Crippen molar-refractivity contribution in [1.82, 2.24) is 15.5 Å². The van der Waals surface area contributed by atoms with Gasteiger partial charge in [-0.15, -0.1) is 10.2 Å². The van der Waals surface area contributed by atoms with Crippen molar-refractivity contribution in [2.75, 3.05) is 35.6 Å². The fourth-order valence-electron chi connectivity index (χ4n) is 3.56. The van der Waals surface area contributed by atoms with Gasteiger partial charge >= 0.3 is 0 Å². The van der Waals surface area contributed by atoms with Gasteiger partial charge in [-0.3, -0.25) is 9.59 Å². The Balaban J connectivity index is 1.49. The first-order valence-corrected chi connectivity index (χ1v) is 12.0. The zero-order valence-electron chi connectivity index (χ0n) is 18.3. The van der Waals surface area contributed by atoms with Crippen LogP contribution >= 0.6 is 11.8 Å². The van der Waals surface area contributed by atoms with Gasteiger partial charge in [-0.05, 0) is 55.5 Å². The molecule has 1 aromatic heterocycles. The molecular weight excluding hydrogens is 410 g/mol. The summed E-state index contributed by atoms with van der Waals surface area (Å²) in [7, 11) is 0. The molecule has 0 radical (unpaired) electrons. The summed E-state index contributed by atoms with van der Waals surface area (Å²) in [5.41, 5.74) is 2.00. The molecule has 1 aliphatic rings. The van der Waals surface area contributed by atoms with Gasteiger partial charge in [0.2, 0.25) is 11.8 Å². The van der Waals surface area contributed by atoms with Crippen molar-refractivity contribution >= 4 is 35.1 Å². The zero-order valence-corrected chi connectivity index (χ0v) is 19.1. The van der Waals surface area contributed by atoms with Crippen LogP contribution in [0.1, 0.15) is 38.7 Å². The van der Waals surface area contributed by atoms with Gasteiger partial charge < -0.3 is 15.5 Å². The van der Waals surface area contributed by atoms with Crippen LogP contribution in [0.2, 0.25) is 0 Å². The van der Waals surface area contributed by atoms with E-state index in [1.165, 1.54) is 17.3 Å². The molecule has 2 N–H and O–H groups in total. The van der Waals surface area contributed by atoms with E-state index in [9.17, 15) is 9.59 Å². The average molecular weight is 442 g/mol. The van der Waals surface area contributed by atoms with Gasteiger partial charge in [-0.25, -0.2) is 0 Å². The molecule has 1 fully saturated rings. The number of benzene rings is 1. The number of carbonyl (C=O) groups is 2. The molecule has 2 aromatic rings. The molecule has 1 aliphatic heterocycles. The van der Waals surface area contributed by atoms with Crippen molar-refractivity contribution in [2.24, 2.45) is 5.92 Å². The third-order valence-corrected chi connectivity index (χ3v) is 6.18. The second-order valence-corrected chi connectivity index (χ2v) is 8.69. The Labute approximate surface area is 188 Å². The quantitative estimate of drug-likeness (QED) is 0.579. The highest BCUT2D eigenvalue weighted by atomic mass is 32.2. The molecule has 0 unspecified atom stereocenters. The van der Waals surface area contributed by atoms with Crippen LogP contribution in [0.4, 0.5) is 11.5 Å². The first-order chi connectivity index (χ1) is 15.1. The summed E-state index contributed by atoms with van der Waals surface area (Å²) in [6.45, 7) is 6.40.